The van der Waals surface area contributed by atoms with Crippen LogP contribution in [0.4, 0.5) is 0 Å². The van der Waals surface area contributed by atoms with Crippen LogP contribution in [-0.2, 0) is 9.59 Å². The second-order valence-electron chi connectivity index (χ2n) is 10.6. The summed E-state index contributed by atoms with van der Waals surface area (Å²) in [5.74, 6) is 2.40. The predicted molar refractivity (Wildman–Crippen MR) is 96.9 cm³/mol. The highest BCUT2D eigenvalue weighted by molar-refractivity contribution is 5.87. The van der Waals surface area contributed by atoms with Crippen molar-refractivity contribution < 1.29 is 14.7 Å². The maximum atomic E-state index is 13.4. The molecule has 4 rings (SSSR count). The van der Waals surface area contributed by atoms with E-state index in [2.05, 4.69) is 13.8 Å². The number of carbonyl (C=O) groups excluding carboxylic acids is 2. The normalized spacial score (nSPS) is 55.2. The molecule has 0 saturated heterocycles. The first-order valence-corrected chi connectivity index (χ1v) is 10.3. The fraction of sp³-hybridized carbons (Fsp3) is 0.909. The molecule has 3 heteroatoms. The number of hydrogen-bond donors (Lipinski definition) is 1. The highest BCUT2D eigenvalue weighted by atomic mass is 16.3. The molecule has 4 aliphatic rings. The van der Waals surface area contributed by atoms with Gasteiger partial charge in [0.2, 0.25) is 0 Å². The predicted octanol–water partition coefficient (Wildman–Crippen LogP) is 4.16. The third-order valence-corrected chi connectivity index (χ3v) is 9.13. The van der Waals surface area contributed by atoms with Crippen molar-refractivity contribution in [1.82, 2.24) is 0 Å². The quantitative estimate of drug-likeness (QED) is 0.775. The minimum absolute atomic E-state index is 0.0535. The summed E-state index contributed by atoms with van der Waals surface area (Å²) >= 11 is 0. The number of fused-ring (bicyclic) bond motifs is 5. The molecule has 0 amide bonds. The van der Waals surface area contributed by atoms with Crippen molar-refractivity contribution in [3.63, 3.8) is 0 Å². The monoisotopic (exact) mass is 346 g/mol. The van der Waals surface area contributed by atoms with Gasteiger partial charge in [-0.05, 0) is 87.4 Å². The third kappa shape index (κ3) is 2.40. The first kappa shape index (κ1) is 17.7. The van der Waals surface area contributed by atoms with Gasteiger partial charge in [0.1, 0.15) is 11.6 Å². The first-order chi connectivity index (χ1) is 11.6. The molecule has 0 aromatic rings. The van der Waals surface area contributed by atoms with Gasteiger partial charge >= 0.3 is 0 Å². The largest absolute Gasteiger partial charge is 0.390 e. The Kier molecular flexibility index (Phi) is 3.83. The van der Waals surface area contributed by atoms with E-state index in [1.165, 1.54) is 0 Å². The maximum absolute atomic E-state index is 13.4. The Bertz CT molecular complexity index is 608. The van der Waals surface area contributed by atoms with Gasteiger partial charge < -0.3 is 5.11 Å². The molecule has 0 heterocycles. The molecule has 0 spiro atoms. The summed E-state index contributed by atoms with van der Waals surface area (Å²) in [5.41, 5.74) is -0.609. The van der Waals surface area contributed by atoms with Gasteiger partial charge in [0.05, 0.1) is 5.60 Å². The zero-order valence-electron chi connectivity index (χ0n) is 16.3. The van der Waals surface area contributed by atoms with E-state index in [4.69, 9.17) is 0 Å². The summed E-state index contributed by atoms with van der Waals surface area (Å²) in [6.07, 6.45) is 7.57. The van der Waals surface area contributed by atoms with Crippen molar-refractivity contribution in [3.05, 3.63) is 0 Å². The van der Waals surface area contributed by atoms with Crippen LogP contribution in [0.3, 0.4) is 0 Å². The van der Waals surface area contributed by atoms with Crippen LogP contribution in [0.2, 0.25) is 0 Å². The molecule has 1 unspecified atom stereocenters. The van der Waals surface area contributed by atoms with Crippen molar-refractivity contribution in [2.24, 2.45) is 40.4 Å². The van der Waals surface area contributed by atoms with E-state index in [9.17, 15) is 14.7 Å². The van der Waals surface area contributed by atoms with Crippen molar-refractivity contribution in [1.29, 1.82) is 0 Å². The molecule has 0 aromatic heterocycles. The number of carbonyl (C=O) groups is 2. The Balaban J connectivity index is 1.68. The van der Waals surface area contributed by atoms with Crippen LogP contribution in [0.15, 0.2) is 0 Å². The molecular formula is C22H34O3. The smallest absolute Gasteiger partial charge is 0.137 e. The summed E-state index contributed by atoms with van der Waals surface area (Å²) in [7, 11) is 0. The van der Waals surface area contributed by atoms with Gasteiger partial charge in [0.15, 0.2) is 0 Å². The lowest BCUT2D eigenvalue weighted by molar-refractivity contribution is -0.168. The molecule has 1 N–H and O–H groups in total. The number of rotatable bonds is 1. The average molecular weight is 347 g/mol. The fourth-order valence-corrected chi connectivity index (χ4v) is 7.91. The van der Waals surface area contributed by atoms with Crippen LogP contribution < -0.4 is 0 Å². The van der Waals surface area contributed by atoms with E-state index in [0.29, 0.717) is 30.0 Å². The fourth-order valence-electron chi connectivity index (χ4n) is 7.91. The van der Waals surface area contributed by atoms with Gasteiger partial charge in [0.25, 0.3) is 0 Å². The highest BCUT2D eigenvalue weighted by Crippen LogP contribution is 2.67. The van der Waals surface area contributed by atoms with Crippen LogP contribution >= 0.6 is 0 Å². The molecule has 0 aliphatic heterocycles. The van der Waals surface area contributed by atoms with E-state index in [1.807, 2.05) is 6.92 Å². The Morgan fingerprint density at radius 3 is 2.44 bits per heavy atom. The summed E-state index contributed by atoms with van der Waals surface area (Å²) in [5, 5.41) is 10.6. The van der Waals surface area contributed by atoms with Crippen molar-refractivity contribution >= 4 is 11.6 Å². The van der Waals surface area contributed by atoms with E-state index >= 15 is 0 Å². The van der Waals surface area contributed by atoms with Gasteiger partial charge in [-0.25, -0.2) is 0 Å². The maximum Gasteiger partial charge on any atom is 0.137 e. The van der Waals surface area contributed by atoms with E-state index < -0.39 is 5.60 Å². The molecular weight excluding hydrogens is 312 g/mol. The third-order valence-electron chi connectivity index (χ3n) is 9.13. The van der Waals surface area contributed by atoms with Gasteiger partial charge in [-0.2, -0.15) is 0 Å². The SMILES string of the molecule is CC(=O)[C@H]1CC[C@H]2C3CC[C@H]4C[C@](C)(O)CC[C@]4(C)[C@H]3C(=O)C[C@]12C. The summed E-state index contributed by atoms with van der Waals surface area (Å²) in [6.45, 7) is 8.25. The molecule has 0 bridgehead atoms. The van der Waals surface area contributed by atoms with Gasteiger partial charge in [-0.15, -0.1) is 0 Å². The molecule has 0 aromatic carbocycles. The number of hydrogen-bond acceptors (Lipinski definition) is 3. The lowest BCUT2D eigenvalue weighted by atomic mass is 9.43. The Morgan fingerprint density at radius 2 is 1.76 bits per heavy atom. The van der Waals surface area contributed by atoms with Crippen LogP contribution in [0.25, 0.3) is 0 Å². The molecule has 3 nitrogen and oxygen atoms in total. The minimum atomic E-state index is -0.559. The minimum Gasteiger partial charge on any atom is -0.390 e. The van der Waals surface area contributed by atoms with Crippen LogP contribution in [0.1, 0.15) is 79.1 Å². The highest BCUT2D eigenvalue weighted by Gasteiger charge is 2.64. The van der Waals surface area contributed by atoms with Crippen LogP contribution in [0.5, 0.6) is 0 Å². The van der Waals surface area contributed by atoms with Gasteiger partial charge in [-0.1, -0.05) is 13.8 Å². The topological polar surface area (TPSA) is 54.4 Å². The molecule has 4 aliphatic carbocycles. The Morgan fingerprint density at radius 1 is 1.04 bits per heavy atom. The standard InChI is InChI=1S/C22H34O3/c1-13(23)16-7-8-17-15-6-5-14-11-20(2,25)9-10-21(14,3)19(15)18(24)12-22(16,17)4/h14-17,19,25H,5-12H2,1-4H3/t14-,15?,16+,17-,19+,20+,21-,22+/m0/s1. The second kappa shape index (κ2) is 5.41. The van der Waals surface area contributed by atoms with Crippen molar-refractivity contribution in [2.45, 2.75) is 84.7 Å². The van der Waals surface area contributed by atoms with Crippen LogP contribution in [-0.4, -0.2) is 22.3 Å². The van der Waals surface area contributed by atoms with Crippen molar-refractivity contribution in [2.75, 3.05) is 0 Å². The lowest BCUT2D eigenvalue weighted by Gasteiger charge is -2.60. The number of Topliss-reactive ketones (excluding diaryl/α,β-unsaturated/α-hetero) is 2. The first-order valence-electron chi connectivity index (χ1n) is 10.3. The van der Waals surface area contributed by atoms with Crippen molar-refractivity contribution in [3.8, 4) is 0 Å². The molecule has 0 radical (unpaired) electrons. The average Bonchev–Trinajstić information content (AvgIpc) is 2.84. The Labute approximate surface area is 151 Å². The van der Waals surface area contributed by atoms with Gasteiger partial charge in [-0.3, -0.25) is 9.59 Å². The zero-order valence-corrected chi connectivity index (χ0v) is 16.3. The number of ketones is 2. The summed E-state index contributed by atoms with van der Waals surface area (Å²) in [6, 6.07) is 0. The molecule has 4 saturated carbocycles. The van der Waals surface area contributed by atoms with E-state index in [-0.39, 0.29) is 28.4 Å². The molecule has 8 atom stereocenters. The summed E-state index contributed by atoms with van der Waals surface area (Å²) in [4.78, 5) is 25.6. The summed E-state index contributed by atoms with van der Waals surface area (Å²) < 4.78 is 0. The molecule has 140 valence electrons. The molecule has 25 heavy (non-hydrogen) atoms. The van der Waals surface area contributed by atoms with E-state index in [1.54, 1.807) is 6.92 Å². The lowest BCUT2D eigenvalue weighted by Crippen LogP contribution is -2.59. The second-order valence-corrected chi connectivity index (χ2v) is 10.6. The zero-order chi connectivity index (χ0) is 18.2. The Hall–Kier alpha value is -0.700. The van der Waals surface area contributed by atoms with E-state index in [0.717, 1.165) is 44.9 Å². The van der Waals surface area contributed by atoms with Gasteiger partial charge in [0, 0.05) is 18.3 Å². The number of aliphatic hydroxyl groups is 1. The molecule has 4 fully saturated rings. The van der Waals surface area contributed by atoms with Crippen LogP contribution in [0, 0.1) is 40.4 Å².